The number of nitrogens with zero attached hydrogens (tertiary/aromatic N) is 4. The molecule has 6 rings (SSSR count). The van der Waals surface area contributed by atoms with Gasteiger partial charge in [-0.15, -0.1) is 0 Å². The smallest absolute Gasteiger partial charge is 0.341 e. The number of carbonyl (C=O) groups is 1. The number of hydrogen-bond acceptors (Lipinski definition) is 10. The molecule has 3 fully saturated rings. The minimum atomic E-state index is -1.05. The highest BCUT2D eigenvalue weighted by atomic mass is 32.2. The Labute approximate surface area is 180 Å². The van der Waals surface area contributed by atoms with Crippen LogP contribution in [0.3, 0.4) is 0 Å². The second kappa shape index (κ2) is 7.04. The molecule has 3 aliphatic heterocycles. The highest BCUT2D eigenvalue weighted by Crippen LogP contribution is 2.48. The Hall–Kier alpha value is -1.95. The van der Waals surface area contributed by atoms with Gasteiger partial charge in [0.25, 0.3) is 0 Å². The quantitative estimate of drug-likeness (QED) is 0.534. The predicted molar refractivity (Wildman–Crippen MR) is 110 cm³/mol. The number of hydrogen-bond donors (Lipinski definition) is 1. The molecule has 0 radical (unpaired) electrons. The van der Waals surface area contributed by atoms with E-state index in [0.717, 1.165) is 36.6 Å². The molecule has 1 spiro atoms. The van der Waals surface area contributed by atoms with E-state index < -0.39 is 11.2 Å². The number of fused-ring (bicyclic) bond motifs is 1. The SMILES string of the molecule is O=C(OC1CN(c2nc3c(c(NC4CC5(COC5)C4)n2)[S@+]([O-])CC3)C1)c1cnsc1. The normalized spacial score (nSPS) is 24.7. The van der Waals surface area contributed by atoms with Gasteiger partial charge in [-0.3, -0.25) is 0 Å². The number of nitrogens with one attached hydrogen (secondary N) is 1. The Kier molecular flexibility index (Phi) is 4.41. The van der Waals surface area contributed by atoms with Crippen LogP contribution in [0.5, 0.6) is 0 Å². The Morgan fingerprint density at radius 1 is 1.37 bits per heavy atom. The van der Waals surface area contributed by atoms with Gasteiger partial charge in [0, 0.05) is 23.3 Å². The molecule has 1 atom stereocenters. The van der Waals surface area contributed by atoms with Crippen molar-refractivity contribution in [1.82, 2.24) is 14.3 Å². The molecule has 2 aromatic rings. The predicted octanol–water partition coefficient (Wildman–Crippen LogP) is 1.23. The monoisotopic (exact) mass is 447 g/mol. The molecule has 30 heavy (non-hydrogen) atoms. The molecule has 4 aliphatic rings. The lowest BCUT2D eigenvalue weighted by Crippen LogP contribution is -2.56. The summed E-state index contributed by atoms with van der Waals surface area (Å²) in [6.07, 6.45) is 4.15. The fourth-order valence-corrected chi connectivity index (χ4v) is 6.35. The van der Waals surface area contributed by atoms with Gasteiger partial charge in [-0.05, 0) is 35.5 Å². The zero-order valence-electron chi connectivity index (χ0n) is 16.2. The first-order chi connectivity index (χ1) is 14.6. The summed E-state index contributed by atoms with van der Waals surface area (Å²) < 4.78 is 27.3. The third-order valence-corrected chi connectivity index (χ3v) is 8.31. The molecule has 1 aliphatic carbocycles. The maximum atomic E-state index is 12.5. The molecule has 9 nitrogen and oxygen atoms in total. The molecule has 5 heterocycles. The van der Waals surface area contributed by atoms with Crippen LogP contribution < -0.4 is 10.2 Å². The molecule has 11 heteroatoms. The molecule has 2 aromatic heterocycles. The van der Waals surface area contributed by atoms with E-state index in [1.165, 1.54) is 17.7 Å². The van der Waals surface area contributed by atoms with Gasteiger partial charge in [0.15, 0.2) is 5.82 Å². The standard InChI is InChI=1S/C19H21N5O4S2/c25-17(11-5-20-29-8-11)28-13-6-24(7-13)18-22-14-1-2-30(26)15(14)16(23-18)21-12-3-19(4-12)9-27-10-19/h5,8,12-13H,1-4,6-7,9-10H2,(H,21,22,23)/t30-/m1/s1. The molecular formula is C19H21N5O4S2. The van der Waals surface area contributed by atoms with Crippen molar-refractivity contribution in [1.29, 1.82) is 0 Å². The Balaban J connectivity index is 1.14. The lowest BCUT2D eigenvalue weighted by atomic mass is 9.64. The first-order valence-corrected chi connectivity index (χ1v) is 12.2. The van der Waals surface area contributed by atoms with Crippen molar-refractivity contribution in [2.24, 2.45) is 5.41 Å². The van der Waals surface area contributed by atoms with Gasteiger partial charge in [0.05, 0.1) is 38.1 Å². The summed E-state index contributed by atoms with van der Waals surface area (Å²) >= 11 is 0.174. The average molecular weight is 448 g/mol. The third kappa shape index (κ3) is 3.15. The molecule has 0 aromatic carbocycles. The largest absolute Gasteiger partial charge is 0.611 e. The zero-order chi connectivity index (χ0) is 20.3. The van der Waals surface area contributed by atoms with Gasteiger partial charge in [0.2, 0.25) is 10.8 Å². The Bertz CT molecular complexity index is 970. The Morgan fingerprint density at radius 3 is 2.90 bits per heavy atom. The van der Waals surface area contributed by atoms with Gasteiger partial charge in [-0.1, -0.05) is 0 Å². The second-order valence-corrected chi connectivity index (χ2v) is 10.7. The van der Waals surface area contributed by atoms with Crippen molar-refractivity contribution in [3.63, 3.8) is 0 Å². The lowest BCUT2D eigenvalue weighted by Gasteiger charge is -2.53. The molecule has 1 saturated carbocycles. The van der Waals surface area contributed by atoms with Crippen LogP contribution in [-0.4, -0.2) is 69.1 Å². The van der Waals surface area contributed by atoms with E-state index in [-0.39, 0.29) is 12.1 Å². The highest BCUT2D eigenvalue weighted by Gasteiger charge is 2.50. The minimum absolute atomic E-state index is 0.190. The van der Waals surface area contributed by atoms with E-state index in [1.54, 1.807) is 5.38 Å². The number of aryl methyl sites for hydroxylation is 1. The molecule has 0 unspecified atom stereocenters. The van der Waals surface area contributed by atoms with Crippen molar-refractivity contribution in [2.75, 3.05) is 42.3 Å². The molecule has 1 N–H and O–H groups in total. The molecular weight excluding hydrogens is 426 g/mol. The van der Waals surface area contributed by atoms with Crippen LogP contribution in [0.25, 0.3) is 0 Å². The number of aromatic nitrogens is 3. The van der Waals surface area contributed by atoms with Crippen LogP contribution in [0, 0.1) is 5.41 Å². The third-order valence-electron chi connectivity index (χ3n) is 6.26. The van der Waals surface area contributed by atoms with E-state index in [9.17, 15) is 9.35 Å². The van der Waals surface area contributed by atoms with Crippen LogP contribution >= 0.6 is 11.5 Å². The van der Waals surface area contributed by atoms with Crippen LogP contribution in [0.1, 0.15) is 28.9 Å². The number of anilines is 2. The zero-order valence-corrected chi connectivity index (χ0v) is 17.8. The first kappa shape index (κ1) is 18.8. The fraction of sp³-hybridized carbons (Fsp3) is 0.579. The first-order valence-electron chi connectivity index (χ1n) is 10.1. The van der Waals surface area contributed by atoms with Crippen molar-refractivity contribution in [3.8, 4) is 0 Å². The number of rotatable bonds is 5. The van der Waals surface area contributed by atoms with Gasteiger partial charge in [-0.2, -0.15) is 4.98 Å². The second-order valence-electron chi connectivity index (χ2n) is 8.54. The fourth-order valence-electron chi connectivity index (χ4n) is 4.53. The summed E-state index contributed by atoms with van der Waals surface area (Å²) in [4.78, 5) is 24.2. The minimum Gasteiger partial charge on any atom is -0.611 e. The van der Waals surface area contributed by atoms with Crippen LogP contribution in [0.2, 0.25) is 0 Å². The van der Waals surface area contributed by atoms with Crippen LogP contribution in [0.4, 0.5) is 11.8 Å². The van der Waals surface area contributed by atoms with Crippen molar-refractivity contribution in [2.45, 2.75) is 36.3 Å². The summed E-state index contributed by atoms with van der Waals surface area (Å²) in [5.41, 5.74) is 1.70. The van der Waals surface area contributed by atoms with E-state index in [0.29, 0.717) is 54.0 Å². The summed E-state index contributed by atoms with van der Waals surface area (Å²) in [7, 11) is 0. The number of esters is 1. The maximum Gasteiger partial charge on any atom is 0.341 e. The van der Waals surface area contributed by atoms with Crippen LogP contribution in [0.15, 0.2) is 16.5 Å². The molecule has 2 saturated heterocycles. The van der Waals surface area contributed by atoms with Crippen molar-refractivity contribution >= 4 is 40.4 Å². The van der Waals surface area contributed by atoms with Crippen molar-refractivity contribution < 1.29 is 18.8 Å². The topological polar surface area (TPSA) is 113 Å². The van der Waals surface area contributed by atoms with E-state index in [1.807, 2.05) is 4.90 Å². The molecule has 0 amide bonds. The van der Waals surface area contributed by atoms with Gasteiger partial charge in [0.1, 0.15) is 17.6 Å². The molecule has 0 bridgehead atoms. The Morgan fingerprint density at radius 2 is 2.20 bits per heavy atom. The maximum absolute atomic E-state index is 12.5. The van der Waals surface area contributed by atoms with Gasteiger partial charge >= 0.3 is 5.97 Å². The highest BCUT2D eigenvalue weighted by molar-refractivity contribution is 7.91. The summed E-state index contributed by atoms with van der Waals surface area (Å²) in [5.74, 6) is 1.57. The number of ether oxygens (including phenoxy) is 2. The summed E-state index contributed by atoms with van der Waals surface area (Å²) in [6.45, 7) is 2.79. The molecule has 158 valence electrons. The van der Waals surface area contributed by atoms with E-state index >= 15 is 0 Å². The van der Waals surface area contributed by atoms with Gasteiger partial charge in [-0.25, -0.2) is 14.2 Å². The van der Waals surface area contributed by atoms with Crippen molar-refractivity contribution in [3.05, 3.63) is 22.8 Å². The number of carbonyl (C=O) groups excluding carboxylic acids is 1. The van der Waals surface area contributed by atoms with E-state index in [4.69, 9.17) is 14.5 Å². The summed E-state index contributed by atoms with van der Waals surface area (Å²) in [5, 5.41) is 5.20. The lowest BCUT2D eigenvalue weighted by molar-refractivity contribution is -0.159. The average Bonchev–Trinajstić information content (AvgIpc) is 3.29. The van der Waals surface area contributed by atoms with Gasteiger partial charge < -0.3 is 24.2 Å². The summed E-state index contributed by atoms with van der Waals surface area (Å²) in [6, 6.07) is 0.336. The van der Waals surface area contributed by atoms with Crippen LogP contribution in [-0.2, 0) is 27.1 Å². The van der Waals surface area contributed by atoms with E-state index in [2.05, 4.69) is 14.7 Å².